The first-order valence-corrected chi connectivity index (χ1v) is 22.9. The Balaban J connectivity index is 1.72. The second kappa shape index (κ2) is 20.4. The van der Waals surface area contributed by atoms with E-state index >= 15 is 0 Å². The molecule has 0 aliphatic rings. The molecule has 0 saturated carbocycles. The number of carbonyl (C=O) groups is 2. The number of unbranched alkanes of at least 4 members (excludes halogenated alkanes) is 4. The van der Waals surface area contributed by atoms with Gasteiger partial charge < -0.3 is 33.3 Å². The molecule has 0 aliphatic heterocycles. The topological polar surface area (TPSA) is 160 Å². The SMILES string of the molecule is CC(C)(C)OC(=O)Oc1ccc([C@H](CN(CCCCCCOCCCCc2ccc([N+](=O)[O-])cc2)C(=O)OC(C)(C)C)O[Si](C)(C)C(C)(C)C)c2ccc(=O)[nH]c12. The number of hydrogen-bond acceptors (Lipinski definition) is 10. The number of hydrogen-bond donors (Lipinski definition) is 1. The van der Waals surface area contributed by atoms with Gasteiger partial charge in [-0.25, -0.2) is 9.59 Å². The Morgan fingerprint density at radius 2 is 1.42 bits per heavy atom. The highest BCUT2D eigenvalue weighted by Gasteiger charge is 2.41. The first-order valence-electron chi connectivity index (χ1n) is 20.0. The van der Waals surface area contributed by atoms with Gasteiger partial charge in [0.15, 0.2) is 14.1 Å². The molecular formula is C43H65N3O10Si. The van der Waals surface area contributed by atoms with E-state index in [9.17, 15) is 24.5 Å². The summed E-state index contributed by atoms with van der Waals surface area (Å²) in [5, 5.41) is 11.3. The Morgan fingerprint density at radius 3 is 2.02 bits per heavy atom. The van der Waals surface area contributed by atoms with E-state index in [2.05, 4.69) is 38.8 Å². The molecule has 1 amide bonds. The van der Waals surface area contributed by atoms with Crippen LogP contribution in [-0.4, -0.2) is 72.9 Å². The second-order valence-electron chi connectivity index (χ2n) is 18.0. The molecule has 1 N–H and O–H groups in total. The van der Waals surface area contributed by atoms with Gasteiger partial charge in [-0.05, 0) is 115 Å². The smallest absolute Gasteiger partial charge is 0.444 e. The molecule has 13 nitrogen and oxygen atoms in total. The van der Waals surface area contributed by atoms with E-state index in [0.29, 0.717) is 30.7 Å². The number of aromatic nitrogens is 1. The van der Waals surface area contributed by atoms with Crippen LogP contribution in [0.15, 0.2) is 53.3 Å². The number of amides is 1. The third kappa shape index (κ3) is 15.9. The van der Waals surface area contributed by atoms with Crippen molar-refractivity contribution in [2.45, 2.75) is 143 Å². The van der Waals surface area contributed by atoms with Crippen molar-refractivity contribution < 1.29 is 37.9 Å². The lowest BCUT2D eigenvalue weighted by Gasteiger charge is -2.41. The van der Waals surface area contributed by atoms with Crippen LogP contribution >= 0.6 is 0 Å². The summed E-state index contributed by atoms with van der Waals surface area (Å²) in [6.07, 6.45) is 4.23. The third-order valence-electron chi connectivity index (χ3n) is 9.72. The Labute approximate surface area is 339 Å². The second-order valence-corrected chi connectivity index (χ2v) is 22.8. The number of ether oxygens (including phenoxy) is 4. The van der Waals surface area contributed by atoms with Gasteiger partial charge in [-0.3, -0.25) is 14.9 Å². The van der Waals surface area contributed by atoms with Gasteiger partial charge in [0, 0.05) is 43.3 Å². The fourth-order valence-corrected chi connectivity index (χ4v) is 7.04. The van der Waals surface area contributed by atoms with Crippen LogP contribution in [0.4, 0.5) is 15.3 Å². The predicted octanol–water partition coefficient (Wildman–Crippen LogP) is 10.7. The number of carbonyl (C=O) groups excluding carboxylic acids is 2. The minimum Gasteiger partial charge on any atom is -0.444 e. The van der Waals surface area contributed by atoms with Gasteiger partial charge >= 0.3 is 12.2 Å². The standard InChI is InChI=1S/C43H65N3O10Si/c1-41(2,3)54-39(48)45(27-15-12-13-16-28-52-29-17-14-18-31-19-21-32(22-20-31)46(50)51)30-36(56-57(10,11)43(7,8)9)33-23-25-35(53-40(49)55-42(4,5)6)38-34(33)24-26-37(47)44-38/h19-26,36H,12-18,27-30H2,1-11H3,(H,44,47)/t36-/m0/s1. The van der Waals surface area contributed by atoms with E-state index in [1.165, 1.54) is 18.2 Å². The fourth-order valence-electron chi connectivity index (χ4n) is 5.77. The summed E-state index contributed by atoms with van der Waals surface area (Å²) in [4.78, 5) is 54.1. The lowest BCUT2D eigenvalue weighted by Crippen LogP contribution is -2.46. The molecule has 0 saturated heterocycles. The number of nitro groups is 1. The molecule has 0 spiro atoms. The van der Waals surface area contributed by atoms with Crippen LogP contribution in [0.2, 0.25) is 18.1 Å². The van der Waals surface area contributed by atoms with Gasteiger partial charge in [0.25, 0.3) is 5.69 Å². The van der Waals surface area contributed by atoms with Gasteiger partial charge in [0.05, 0.1) is 23.1 Å². The van der Waals surface area contributed by atoms with E-state index in [0.717, 1.165) is 56.1 Å². The zero-order valence-corrected chi connectivity index (χ0v) is 37.0. The molecule has 3 rings (SSSR count). The summed E-state index contributed by atoms with van der Waals surface area (Å²) < 4.78 is 29.8. The summed E-state index contributed by atoms with van der Waals surface area (Å²) in [7, 11) is -2.45. The van der Waals surface area contributed by atoms with Gasteiger partial charge in [0.1, 0.15) is 11.2 Å². The molecule has 0 aliphatic carbocycles. The van der Waals surface area contributed by atoms with Crippen molar-refractivity contribution in [3.8, 4) is 5.75 Å². The molecule has 14 heteroatoms. The molecule has 0 unspecified atom stereocenters. The van der Waals surface area contributed by atoms with Crippen molar-refractivity contribution in [2.75, 3.05) is 26.3 Å². The molecule has 2 aromatic carbocycles. The fraction of sp³-hybridized carbons (Fsp3) is 0.605. The zero-order valence-electron chi connectivity index (χ0n) is 36.0. The van der Waals surface area contributed by atoms with Crippen molar-refractivity contribution in [3.05, 3.63) is 80.1 Å². The average molecular weight is 812 g/mol. The Hall–Kier alpha value is -4.27. The average Bonchev–Trinajstić information content (AvgIpc) is 3.07. The van der Waals surface area contributed by atoms with Crippen LogP contribution in [0.5, 0.6) is 5.75 Å². The molecule has 3 aromatic rings. The molecular weight excluding hydrogens is 747 g/mol. The number of nitro benzene ring substituents is 1. The molecule has 0 bridgehead atoms. The maximum absolute atomic E-state index is 13.8. The van der Waals surface area contributed by atoms with E-state index in [4.69, 9.17) is 23.4 Å². The van der Waals surface area contributed by atoms with Gasteiger partial charge in [-0.15, -0.1) is 0 Å². The van der Waals surface area contributed by atoms with Crippen molar-refractivity contribution in [1.82, 2.24) is 9.88 Å². The van der Waals surface area contributed by atoms with E-state index < -0.39 is 42.8 Å². The number of non-ortho nitro benzene ring substituents is 1. The Morgan fingerprint density at radius 1 is 0.807 bits per heavy atom. The quantitative estimate of drug-likeness (QED) is 0.0308. The Bertz CT molecular complexity index is 1840. The number of H-pyrrole nitrogens is 1. The normalized spacial score (nSPS) is 13.0. The third-order valence-corrected chi connectivity index (χ3v) is 14.2. The molecule has 1 atom stereocenters. The molecule has 0 radical (unpaired) electrons. The lowest BCUT2D eigenvalue weighted by atomic mass is 10.0. The Kier molecular flexibility index (Phi) is 16.9. The van der Waals surface area contributed by atoms with Crippen LogP contribution in [0.1, 0.15) is 118 Å². The lowest BCUT2D eigenvalue weighted by molar-refractivity contribution is -0.384. The summed E-state index contributed by atoms with van der Waals surface area (Å²) in [5.41, 5.74) is 0.386. The van der Waals surface area contributed by atoms with Crippen molar-refractivity contribution in [3.63, 3.8) is 0 Å². The number of aryl methyl sites for hydroxylation is 1. The summed E-state index contributed by atoms with van der Waals surface area (Å²) in [6.45, 7) is 23.5. The van der Waals surface area contributed by atoms with Crippen molar-refractivity contribution >= 4 is 37.2 Å². The van der Waals surface area contributed by atoms with Crippen LogP contribution in [0.25, 0.3) is 10.9 Å². The van der Waals surface area contributed by atoms with Gasteiger partial charge in [-0.1, -0.05) is 51.8 Å². The summed E-state index contributed by atoms with van der Waals surface area (Å²) >= 11 is 0. The monoisotopic (exact) mass is 811 g/mol. The van der Waals surface area contributed by atoms with Crippen LogP contribution < -0.4 is 10.3 Å². The maximum atomic E-state index is 13.8. The largest absolute Gasteiger partial charge is 0.514 e. The maximum Gasteiger partial charge on any atom is 0.514 e. The molecule has 1 aromatic heterocycles. The van der Waals surface area contributed by atoms with Crippen LogP contribution in [0.3, 0.4) is 0 Å². The van der Waals surface area contributed by atoms with E-state index in [1.807, 2.05) is 26.8 Å². The van der Waals surface area contributed by atoms with Gasteiger partial charge in [0.2, 0.25) is 5.56 Å². The highest BCUT2D eigenvalue weighted by atomic mass is 28.4. The minimum atomic E-state index is -2.45. The highest BCUT2D eigenvalue weighted by molar-refractivity contribution is 6.74. The predicted molar refractivity (Wildman–Crippen MR) is 226 cm³/mol. The number of nitrogens with one attached hydrogen (secondary N) is 1. The zero-order chi connectivity index (χ0) is 42.6. The van der Waals surface area contributed by atoms with E-state index in [1.54, 1.807) is 49.9 Å². The summed E-state index contributed by atoms with van der Waals surface area (Å²) in [5.74, 6) is 0.141. The first kappa shape index (κ1) is 47.1. The molecule has 316 valence electrons. The number of benzene rings is 2. The number of fused-ring (bicyclic) bond motifs is 1. The van der Waals surface area contributed by atoms with Crippen molar-refractivity contribution in [1.29, 1.82) is 0 Å². The number of pyridine rings is 1. The highest BCUT2D eigenvalue weighted by Crippen LogP contribution is 2.42. The molecule has 1 heterocycles. The molecule has 0 fully saturated rings. The number of aromatic amines is 1. The number of rotatable bonds is 19. The summed E-state index contributed by atoms with van der Waals surface area (Å²) in [6, 6.07) is 13.2. The van der Waals surface area contributed by atoms with Crippen molar-refractivity contribution in [2.24, 2.45) is 0 Å². The minimum absolute atomic E-state index is 0.101. The number of nitrogens with zero attached hydrogens (tertiary/aromatic N) is 2. The van der Waals surface area contributed by atoms with Crippen LogP contribution in [-0.2, 0) is 25.1 Å². The van der Waals surface area contributed by atoms with Crippen LogP contribution in [0, 0.1) is 10.1 Å². The first-order chi connectivity index (χ1) is 26.5. The van der Waals surface area contributed by atoms with E-state index in [-0.39, 0.29) is 28.6 Å². The van der Waals surface area contributed by atoms with Gasteiger partial charge in [-0.2, -0.15) is 0 Å². The molecule has 57 heavy (non-hydrogen) atoms.